The molecule has 0 fully saturated rings. The average molecular weight is 298 g/mol. The normalized spacial score (nSPS) is 11.7. The first kappa shape index (κ1) is 15.9. The molecule has 2 rings (SSSR count). The lowest BCUT2D eigenvalue weighted by Crippen LogP contribution is -2.37. The molecule has 0 aliphatic carbocycles. The lowest BCUT2D eigenvalue weighted by Gasteiger charge is -2.15. The van der Waals surface area contributed by atoms with Crippen LogP contribution in [0.25, 0.3) is 0 Å². The van der Waals surface area contributed by atoms with Crippen LogP contribution in [0.5, 0.6) is 5.75 Å². The molecule has 0 aliphatic heterocycles. The van der Waals surface area contributed by atoms with Crippen LogP contribution in [0.3, 0.4) is 0 Å². The smallest absolute Gasteiger partial charge is 0.260 e. The Kier molecular flexibility index (Phi) is 5.42. The van der Waals surface area contributed by atoms with Crippen molar-refractivity contribution in [1.29, 1.82) is 0 Å². The Morgan fingerprint density at radius 1 is 1.23 bits per heavy atom. The van der Waals surface area contributed by atoms with Crippen LogP contribution in [0.15, 0.2) is 48.5 Å². The van der Waals surface area contributed by atoms with Gasteiger partial charge in [-0.25, -0.2) is 0 Å². The number of nitrogens with two attached hydrogens (primary N) is 1. The van der Waals surface area contributed by atoms with Crippen LogP contribution >= 0.6 is 0 Å². The average Bonchev–Trinajstić information content (AvgIpc) is 2.49. The minimum atomic E-state index is -0.520. The number of carbonyl (C=O) groups is 1. The fourth-order valence-corrected chi connectivity index (χ4v) is 2.10. The molecule has 4 nitrogen and oxygen atoms in total. The van der Waals surface area contributed by atoms with E-state index in [1.165, 1.54) is 0 Å². The Morgan fingerprint density at radius 3 is 2.64 bits per heavy atom. The first-order valence-corrected chi connectivity index (χ1v) is 7.40. The summed E-state index contributed by atoms with van der Waals surface area (Å²) in [7, 11) is 0. The minimum Gasteiger partial charge on any atom is -0.481 e. The molecule has 0 aromatic heterocycles. The van der Waals surface area contributed by atoms with Crippen LogP contribution in [-0.2, 0) is 11.2 Å². The van der Waals surface area contributed by atoms with Crippen molar-refractivity contribution in [3.8, 4) is 5.75 Å². The van der Waals surface area contributed by atoms with Gasteiger partial charge in [-0.15, -0.1) is 0 Å². The second-order valence-corrected chi connectivity index (χ2v) is 5.36. The van der Waals surface area contributed by atoms with Gasteiger partial charge in [-0.3, -0.25) is 4.79 Å². The Balaban J connectivity index is 1.77. The molecule has 0 aliphatic rings. The Morgan fingerprint density at radius 2 is 1.95 bits per heavy atom. The molecule has 0 radical (unpaired) electrons. The zero-order valence-corrected chi connectivity index (χ0v) is 13.0. The van der Waals surface area contributed by atoms with Gasteiger partial charge in [-0.05, 0) is 55.7 Å². The van der Waals surface area contributed by atoms with E-state index in [4.69, 9.17) is 10.5 Å². The fraction of sp³-hybridized carbons (Fsp3) is 0.278. The molecule has 1 amide bonds. The molecule has 22 heavy (non-hydrogen) atoms. The zero-order chi connectivity index (χ0) is 15.9. The van der Waals surface area contributed by atoms with Crippen molar-refractivity contribution >= 4 is 11.6 Å². The highest BCUT2D eigenvalue weighted by atomic mass is 16.5. The van der Waals surface area contributed by atoms with Gasteiger partial charge in [0.1, 0.15) is 5.75 Å². The van der Waals surface area contributed by atoms with Crippen LogP contribution in [0.4, 0.5) is 5.69 Å². The van der Waals surface area contributed by atoms with Crippen LogP contribution < -0.4 is 15.8 Å². The second-order valence-electron chi connectivity index (χ2n) is 5.36. The molecule has 0 heterocycles. The number of amides is 1. The largest absolute Gasteiger partial charge is 0.481 e. The summed E-state index contributed by atoms with van der Waals surface area (Å²) in [5.41, 5.74) is 8.63. The molecule has 0 saturated carbocycles. The zero-order valence-electron chi connectivity index (χ0n) is 13.0. The predicted octanol–water partition coefficient (Wildman–Crippen LogP) is 2.70. The van der Waals surface area contributed by atoms with Gasteiger partial charge in [-0.1, -0.05) is 24.3 Å². The van der Waals surface area contributed by atoms with E-state index < -0.39 is 6.10 Å². The number of nitrogens with one attached hydrogen (secondary N) is 1. The molecule has 3 N–H and O–H groups in total. The van der Waals surface area contributed by atoms with Crippen molar-refractivity contribution in [1.82, 2.24) is 5.32 Å². The number of nitrogen functional groups attached to an aromatic ring is 1. The Hall–Kier alpha value is -2.49. The van der Waals surface area contributed by atoms with E-state index in [0.29, 0.717) is 12.3 Å². The van der Waals surface area contributed by atoms with Gasteiger partial charge in [0.25, 0.3) is 5.91 Å². The van der Waals surface area contributed by atoms with E-state index in [-0.39, 0.29) is 5.91 Å². The third-order valence-corrected chi connectivity index (χ3v) is 3.36. The number of hydrogen-bond acceptors (Lipinski definition) is 3. The maximum atomic E-state index is 12.0. The van der Waals surface area contributed by atoms with Gasteiger partial charge in [0.2, 0.25) is 0 Å². The number of anilines is 1. The van der Waals surface area contributed by atoms with Crippen molar-refractivity contribution in [2.75, 3.05) is 12.3 Å². The fourth-order valence-electron chi connectivity index (χ4n) is 2.10. The second kappa shape index (κ2) is 7.50. The third kappa shape index (κ3) is 4.81. The topological polar surface area (TPSA) is 64.3 Å². The molecule has 4 heteroatoms. The molecule has 0 bridgehead atoms. The molecule has 0 saturated heterocycles. The maximum absolute atomic E-state index is 12.0. The van der Waals surface area contributed by atoms with E-state index in [1.54, 1.807) is 6.92 Å². The van der Waals surface area contributed by atoms with Crippen molar-refractivity contribution in [2.24, 2.45) is 0 Å². The standard InChI is InChI=1S/C18H22N2O2/c1-13-4-3-5-17(12-13)22-14(2)18(21)20-11-10-15-6-8-16(19)9-7-15/h3-9,12,14H,10-11,19H2,1-2H3,(H,20,21). The number of rotatable bonds is 6. The highest BCUT2D eigenvalue weighted by molar-refractivity contribution is 5.80. The summed E-state index contributed by atoms with van der Waals surface area (Å²) in [6.45, 7) is 4.31. The van der Waals surface area contributed by atoms with E-state index in [2.05, 4.69) is 5.32 Å². The SMILES string of the molecule is Cc1cccc(OC(C)C(=O)NCCc2ccc(N)cc2)c1. The van der Waals surface area contributed by atoms with Crippen LogP contribution in [-0.4, -0.2) is 18.6 Å². The molecular weight excluding hydrogens is 276 g/mol. The minimum absolute atomic E-state index is 0.114. The molecule has 116 valence electrons. The molecule has 0 spiro atoms. The van der Waals surface area contributed by atoms with E-state index in [0.717, 1.165) is 23.2 Å². The molecule has 1 atom stereocenters. The number of carbonyl (C=O) groups excluding carboxylic acids is 1. The number of hydrogen-bond donors (Lipinski definition) is 2. The first-order valence-electron chi connectivity index (χ1n) is 7.40. The summed E-state index contributed by atoms with van der Waals surface area (Å²) < 4.78 is 5.65. The van der Waals surface area contributed by atoms with Crippen molar-refractivity contribution in [2.45, 2.75) is 26.4 Å². The molecule has 2 aromatic carbocycles. The monoisotopic (exact) mass is 298 g/mol. The van der Waals surface area contributed by atoms with E-state index >= 15 is 0 Å². The van der Waals surface area contributed by atoms with Gasteiger partial charge < -0.3 is 15.8 Å². The summed E-state index contributed by atoms with van der Waals surface area (Å²) in [6, 6.07) is 15.3. The lowest BCUT2D eigenvalue weighted by molar-refractivity contribution is -0.127. The summed E-state index contributed by atoms with van der Waals surface area (Å²) in [4.78, 5) is 12.0. The molecule has 1 unspecified atom stereocenters. The lowest BCUT2D eigenvalue weighted by atomic mass is 10.1. The quantitative estimate of drug-likeness (QED) is 0.806. The predicted molar refractivity (Wildman–Crippen MR) is 88.8 cm³/mol. The maximum Gasteiger partial charge on any atom is 0.260 e. The van der Waals surface area contributed by atoms with Gasteiger partial charge in [0.05, 0.1) is 0 Å². The van der Waals surface area contributed by atoms with Gasteiger partial charge in [0.15, 0.2) is 6.10 Å². The highest BCUT2D eigenvalue weighted by Gasteiger charge is 2.13. The summed E-state index contributed by atoms with van der Waals surface area (Å²) >= 11 is 0. The number of benzene rings is 2. The third-order valence-electron chi connectivity index (χ3n) is 3.36. The molecule has 2 aromatic rings. The first-order chi connectivity index (χ1) is 10.5. The van der Waals surface area contributed by atoms with Crippen LogP contribution in [0.2, 0.25) is 0 Å². The number of ether oxygens (including phenoxy) is 1. The van der Waals surface area contributed by atoms with Crippen LogP contribution in [0, 0.1) is 6.92 Å². The van der Waals surface area contributed by atoms with Gasteiger partial charge >= 0.3 is 0 Å². The van der Waals surface area contributed by atoms with Gasteiger partial charge in [0, 0.05) is 12.2 Å². The summed E-state index contributed by atoms with van der Waals surface area (Å²) in [5, 5.41) is 2.89. The summed E-state index contributed by atoms with van der Waals surface area (Å²) in [5.74, 6) is 0.595. The Labute approximate surface area is 131 Å². The highest BCUT2D eigenvalue weighted by Crippen LogP contribution is 2.14. The van der Waals surface area contributed by atoms with Crippen molar-refractivity contribution < 1.29 is 9.53 Å². The van der Waals surface area contributed by atoms with E-state index in [1.807, 2.05) is 55.5 Å². The Bertz CT molecular complexity index is 623. The molecular formula is C18H22N2O2. The van der Waals surface area contributed by atoms with Crippen molar-refractivity contribution in [3.05, 3.63) is 59.7 Å². The number of aryl methyl sites for hydroxylation is 1. The summed E-state index contributed by atoms with van der Waals surface area (Å²) in [6.07, 6.45) is 0.247. The van der Waals surface area contributed by atoms with E-state index in [9.17, 15) is 4.79 Å². The van der Waals surface area contributed by atoms with Crippen molar-refractivity contribution in [3.63, 3.8) is 0 Å². The van der Waals surface area contributed by atoms with Crippen LogP contribution in [0.1, 0.15) is 18.1 Å². The van der Waals surface area contributed by atoms with Gasteiger partial charge in [-0.2, -0.15) is 0 Å².